The highest BCUT2D eigenvalue weighted by Crippen LogP contribution is 2.41. The molecule has 0 radical (unpaired) electrons. The van der Waals surface area contributed by atoms with Crippen molar-refractivity contribution in [1.82, 2.24) is 10.3 Å². The molecule has 0 saturated heterocycles. The zero-order chi connectivity index (χ0) is 11.1. The van der Waals surface area contributed by atoms with Crippen LogP contribution in [0.5, 0.6) is 0 Å². The Morgan fingerprint density at radius 2 is 2.31 bits per heavy atom. The molecule has 1 fully saturated rings. The van der Waals surface area contributed by atoms with Crippen molar-refractivity contribution in [2.75, 3.05) is 7.05 Å². The van der Waals surface area contributed by atoms with Crippen molar-refractivity contribution >= 4 is 22.7 Å². The summed E-state index contributed by atoms with van der Waals surface area (Å²) in [6, 6.07) is 3.87. The lowest BCUT2D eigenvalue weighted by Crippen LogP contribution is -2.05. The van der Waals surface area contributed by atoms with Gasteiger partial charge in [-0.3, -0.25) is 0 Å². The average Bonchev–Trinajstić information content (AvgIpc) is 3.02. The van der Waals surface area contributed by atoms with E-state index in [2.05, 4.69) is 10.3 Å². The quantitative estimate of drug-likeness (QED) is 0.890. The normalized spacial score (nSPS) is 15.9. The van der Waals surface area contributed by atoms with E-state index in [0.29, 0.717) is 5.92 Å². The first-order chi connectivity index (χ1) is 7.78. The van der Waals surface area contributed by atoms with E-state index in [9.17, 15) is 0 Å². The fourth-order valence-electron chi connectivity index (χ4n) is 1.84. The predicted molar refractivity (Wildman–Crippen MR) is 63.8 cm³/mol. The van der Waals surface area contributed by atoms with Crippen molar-refractivity contribution in [3.8, 4) is 0 Å². The molecule has 0 amide bonds. The molecule has 0 bridgehead atoms. The van der Waals surface area contributed by atoms with Crippen LogP contribution in [-0.4, -0.2) is 12.0 Å². The Kier molecular flexibility index (Phi) is 2.37. The summed E-state index contributed by atoms with van der Waals surface area (Å²) in [6.45, 7) is 0.744. The second kappa shape index (κ2) is 3.75. The van der Waals surface area contributed by atoms with Gasteiger partial charge in [0, 0.05) is 17.5 Å². The van der Waals surface area contributed by atoms with Crippen LogP contribution in [0, 0.1) is 0 Å². The molecule has 16 heavy (non-hydrogen) atoms. The molecule has 84 valence electrons. The average molecular weight is 237 g/mol. The third-order valence-corrected chi connectivity index (χ3v) is 3.22. The van der Waals surface area contributed by atoms with E-state index in [1.54, 1.807) is 0 Å². The monoisotopic (exact) mass is 236 g/mol. The summed E-state index contributed by atoms with van der Waals surface area (Å²) in [7, 11) is 1.90. The number of hydrogen-bond acceptors (Lipinski definition) is 3. The fourth-order valence-corrected chi connectivity index (χ4v) is 2.06. The summed E-state index contributed by atoms with van der Waals surface area (Å²) in [5.74, 6) is 1.41. The molecule has 0 unspecified atom stereocenters. The lowest BCUT2D eigenvalue weighted by molar-refractivity contribution is 0.532. The summed E-state index contributed by atoms with van der Waals surface area (Å²) in [5, 5.41) is 3.83. The third-order valence-electron chi connectivity index (χ3n) is 2.87. The number of nitrogens with zero attached hydrogens (tertiary/aromatic N) is 1. The molecule has 1 aliphatic carbocycles. The number of oxazole rings is 1. The van der Waals surface area contributed by atoms with Gasteiger partial charge in [-0.25, -0.2) is 4.98 Å². The zero-order valence-corrected chi connectivity index (χ0v) is 9.84. The van der Waals surface area contributed by atoms with Crippen molar-refractivity contribution in [1.29, 1.82) is 0 Å². The Balaban J connectivity index is 2.08. The fraction of sp³-hybridized carbons (Fsp3) is 0.417. The van der Waals surface area contributed by atoms with Crippen LogP contribution < -0.4 is 5.32 Å². The van der Waals surface area contributed by atoms with Gasteiger partial charge >= 0.3 is 0 Å². The molecule has 1 aromatic heterocycles. The van der Waals surface area contributed by atoms with E-state index in [0.717, 1.165) is 34.1 Å². The van der Waals surface area contributed by atoms with Crippen LogP contribution in [0.25, 0.3) is 11.1 Å². The second-order valence-electron chi connectivity index (χ2n) is 4.27. The van der Waals surface area contributed by atoms with Crippen LogP contribution in [0.15, 0.2) is 16.5 Å². The number of hydrogen-bond donors (Lipinski definition) is 1. The lowest BCUT2D eigenvalue weighted by atomic mass is 10.2. The van der Waals surface area contributed by atoms with Gasteiger partial charge in [-0.05, 0) is 37.6 Å². The van der Waals surface area contributed by atoms with E-state index in [4.69, 9.17) is 16.0 Å². The Hall–Kier alpha value is -1.06. The molecule has 0 spiro atoms. The number of rotatable bonds is 3. The predicted octanol–water partition coefficient (Wildman–Crippen LogP) is 3.08. The molecule has 1 aromatic carbocycles. The molecule has 0 atom stereocenters. The van der Waals surface area contributed by atoms with Crippen LogP contribution in [-0.2, 0) is 6.54 Å². The van der Waals surface area contributed by atoms with Gasteiger partial charge in [-0.2, -0.15) is 0 Å². The van der Waals surface area contributed by atoms with Gasteiger partial charge in [0.05, 0.1) is 0 Å². The summed E-state index contributed by atoms with van der Waals surface area (Å²) >= 11 is 6.16. The second-order valence-corrected chi connectivity index (χ2v) is 4.68. The Bertz CT molecular complexity index is 531. The maximum Gasteiger partial charge on any atom is 0.198 e. The maximum absolute atomic E-state index is 6.16. The van der Waals surface area contributed by atoms with Gasteiger partial charge in [-0.15, -0.1) is 0 Å². The topological polar surface area (TPSA) is 38.1 Å². The molecule has 4 heteroatoms. The maximum atomic E-state index is 6.16. The van der Waals surface area contributed by atoms with E-state index in [-0.39, 0.29) is 0 Å². The van der Waals surface area contributed by atoms with E-state index < -0.39 is 0 Å². The molecule has 1 heterocycles. The van der Waals surface area contributed by atoms with Crippen molar-refractivity contribution in [3.63, 3.8) is 0 Å². The third kappa shape index (κ3) is 1.70. The first kappa shape index (κ1) is 10.1. The molecule has 1 N–H and O–H groups in total. The molecule has 3 rings (SSSR count). The van der Waals surface area contributed by atoms with Gasteiger partial charge in [0.15, 0.2) is 11.5 Å². The summed E-state index contributed by atoms with van der Waals surface area (Å²) < 4.78 is 5.74. The van der Waals surface area contributed by atoms with Crippen LogP contribution in [0.2, 0.25) is 5.02 Å². The summed E-state index contributed by atoms with van der Waals surface area (Å²) in [4.78, 5) is 4.47. The Labute approximate surface area is 98.8 Å². The minimum atomic E-state index is 0.541. The van der Waals surface area contributed by atoms with E-state index in [1.165, 1.54) is 12.8 Å². The largest absolute Gasteiger partial charge is 0.440 e. The molecule has 2 aromatic rings. The highest BCUT2D eigenvalue weighted by Gasteiger charge is 2.29. The standard InChI is InChI=1S/C12H13ClN2O/c1-14-6-8-4-11-10(5-9(8)13)15-12(16-11)7-2-3-7/h4-5,7,14H,2-3,6H2,1H3. The van der Waals surface area contributed by atoms with E-state index in [1.807, 2.05) is 19.2 Å². The van der Waals surface area contributed by atoms with Crippen molar-refractivity contribution < 1.29 is 4.42 Å². The number of fused-ring (bicyclic) bond motifs is 1. The summed E-state index contributed by atoms with van der Waals surface area (Å²) in [6.07, 6.45) is 2.40. The molecule has 0 aliphatic heterocycles. The molecule has 1 aliphatic rings. The highest BCUT2D eigenvalue weighted by molar-refractivity contribution is 6.32. The van der Waals surface area contributed by atoms with Gasteiger partial charge in [-0.1, -0.05) is 11.6 Å². The van der Waals surface area contributed by atoms with Crippen molar-refractivity contribution in [2.24, 2.45) is 0 Å². The van der Waals surface area contributed by atoms with Gasteiger partial charge < -0.3 is 9.73 Å². The minimum Gasteiger partial charge on any atom is -0.440 e. The van der Waals surface area contributed by atoms with Crippen LogP contribution in [0.4, 0.5) is 0 Å². The van der Waals surface area contributed by atoms with E-state index >= 15 is 0 Å². The number of nitrogens with one attached hydrogen (secondary N) is 1. The van der Waals surface area contributed by atoms with Crippen LogP contribution in [0.3, 0.4) is 0 Å². The Morgan fingerprint density at radius 1 is 1.50 bits per heavy atom. The van der Waals surface area contributed by atoms with Crippen molar-refractivity contribution in [3.05, 3.63) is 28.6 Å². The van der Waals surface area contributed by atoms with Crippen LogP contribution in [0.1, 0.15) is 30.2 Å². The summed E-state index contributed by atoms with van der Waals surface area (Å²) in [5.41, 5.74) is 2.76. The Morgan fingerprint density at radius 3 is 3.00 bits per heavy atom. The van der Waals surface area contributed by atoms with Gasteiger partial charge in [0.1, 0.15) is 5.52 Å². The van der Waals surface area contributed by atoms with Crippen molar-refractivity contribution in [2.45, 2.75) is 25.3 Å². The lowest BCUT2D eigenvalue weighted by Gasteiger charge is -2.01. The number of aromatic nitrogens is 1. The first-order valence-electron chi connectivity index (χ1n) is 5.51. The molecule has 3 nitrogen and oxygen atoms in total. The number of halogens is 1. The first-order valence-corrected chi connectivity index (χ1v) is 5.89. The molecule has 1 saturated carbocycles. The van der Waals surface area contributed by atoms with Gasteiger partial charge in [0.2, 0.25) is 0 Å². The zero-order valence-electron chi connectivity index (χ0n) is 9.09. The molecular formula is C12H13ClN2O. The highest BCUT2D eigenvalue weighted by atomic mass is 35.5. The van der Waals surface area contributed by atoms with Gasteiger partial charge in [0.25, 0.3) is 0 Å². The molecular weight excluding hydrogens is 224 g/mol. The minimum absolute atomic E-state index is 0.541. The number of benzene rings is 1. The smallest absolute Gasteiger partial charge is 0.198 e. The van der Waals surface area contributed by atoms with Crippen LogP contribution >= 0.6 is 11.6 Å². The SMILES string of the molecule is CNCc1cc2oc(C3CC3)nc2cc1Cl.